The number of fused-ring (bicyclic) bond motifs is 1. The highest BCUT2D eigenvalue weighted by atomic mass is 32.2. The summed E-state index contributed by atoms with van der Waals surface area (Å²) in [7, 11) is 0. The summed E-state index contributed by atoms with van der Waals surface area (Å²) in [6, 6.07) is 4.54. The fraction of sp³-hybridized carbons (Fsp3) is 0.476. The lowest BCUT2D eigenvalue weighted by atomic mass is 10.3. The third-order valence-electron chi connectivity index (χ3n) is 5.66. The largest absolute Gasteiger partial charge is 0.330 e. The number of H-pyrrole nitrogens is 1. The van der Waals surface area contributed by atoms with E-state index in [0.717, 1.165) is 47.4 Å². The molecule has 0 aliphatic heterocycles. The van der Waals surface area contributed by atoms with Crippen molar-refractivity contribution in [2.24, 2.45) is 0 Å². The van der Waals surface area contributed by atoms with Crippen molar-refractivity contribution in [2.45, 2.75) is 69.6 Å². The molecular weight excluding hydrogens is 446 g/mol. The average molecular weight is 472 g/mol. The van der Waals surface area contributed by atoms with Gasteiger partial charge in [0.05, 0.1) is 10.6 Å². The summed E-state index contributed by atoms with van der Waals surface area (Å²) < 4.78 is 5.72. The fourth-order valence-electron chi connectivity index (χ4n) is 3.93. The van der Waals surface area contributed by atoms with Crippen molar-refractivity contribution in [3.8, 4) is 10.7 Å². The zero-order chi connectivity index (χ0) is 22.2. The number of aromatic amines is 1. The molecule has 4 aromatic heterocycles. The first-order chi connectivity index (χ1) is 15.6. The molecule has 0 amide bonds. The maximum absolute atomic E-state index is 12.6. The molecule has 4 heterocycles. The van der Waals surface area contributed by atoms with Gasteiger partial charge in [-0.05, 0) is 37.6 Å². The molecule has 0 bridgehead atoms. The minimum absolute atomic E-state index is 0.385. The third-order valence-corrected chi connectivity index (χ3v) is 7.47. The van der Waals surface area contributed by atoms with Gasteiger partial charge in [0.15, 0.2) is 22.1 Å². The molecule has 0 atom stereocenters. The van der Waals surface area contributed by atoms with E-state index in [-0.39, 0.29) is 5.56 Å². The summed E-state index contributed by atoms with van der Waals surface area (Å²) in [5.41, 5.74) is 0.142. The Morgan fingerprint density at radius 3 is 2.75 bits per heavy atom. The molecule has 0 aromatic carbocycles. The number of rotatable bonds is 9. The highest BCUT2D eigenvalue weighted by Crippen LogP contribution is 2.42. The number of aromatic nitrogens is 7. The van der Waals surface area contributed by atoms with E-state index in [1.165, 1.54) is 0 Å². The number of unbranched alkanes of at least 4 members (excludes halogenated alkanes) is 1. The van der Waals surface area contributed by atoms with Crippen LogP contribution in [0, 0.1) is 0 Å². The van der Waals surface area contributed by atoms with Gasteiger partial charge >= 0.3 is 5.69 Å². The van der Waals surface area contributed by atoms with Crippen molar-refractivity contribution < 1.29 is 0 Å². The van der Waals surface area contributed by atoms with E-state index in [4.69, 9.17) is 4.98 Å². The van der Waals surface area contributed by atoms with Crippen LogP contribution in [-0.2, 0) is 18.8 Å². The molecule has 1 N–H and O–H groups in total. The Bertz CT molecular complexity index is 1360. The summed E-state index contributed by atoms with van der Waals surface area (Å²) in [5.74, 6) is 2.22. The van der Waals surface area contributed by atoms with E-state index < -0.39 is 5.69 Å². The summed E-state index contributed by atoms with van der Waals surface area (Å²) in [6.45, 7) is 5.19. The van der Waals surface area contributed by atoms with Crippen LogP contribution < -0.4 is 11.2 Å². The van der Waals surface area contributed by atoms with Crippen LogP contribution in [0.15, 0.2) is 32.3 Å². The van der Waals surface area contributed by atoms with Gasteiger partial charge in [0.2, 0.25) is 0 Å². The van der Waals surface area contributed by atoms with Crippen molar-refractivity contribution in [1.29, 1.82) is 0 Å². The Morgan fingerprint density at radius 1 is 1.22 bits per heavy atom. The van der Waals surface area contributed by atoms with E-state index in [9.17, 15) is 9.59 Å². The zero-order valence-electron chi connectivity index (χ0n) is 18.1. The summed E-state index contributed by atoms with van der Waals surface area (Å²) >= 11 is 3.24. The standard InChI is InChI=1S/C21H25N7O2S2/c1-3-5-10-27-18-16(19(29)23-20(27)30)26(4-2)15(22-18)12-32-21-25-24-17(14-7-6-11-31-14)28(21)13-8-9-13/h6-7,11,13H,3-5,8-10,12H2,1-2H3,(H,23,29,30). The van der Waals surface area contributed by atoms with Gasteiger partial charge in [0.1, 0.15) is 5.82 Å². The number of imidazole rings is 1. The van der Waals surface area contributed by atoms with E-state index in [1.54, 1.807) is 27.7 Å². The van der Waals surface area contributed by atoms with Crippen molar-refractivity contribution in [3.05, 3.63) is 44.2 Å². The molecule has 0 radical (unpaired) electrons. The van der Waals surface area contributed by atoms with Crippen LogP contribution in [0.25, 0.3) is 21.9 Å². The molecule has 0 saturated heterocycles. The van der Waals surface area contributed by atoms with Crippen LogP contribution in [0.5, 0.6) is 0 Å². The number of thioether (sulfide) groups is 1. The second kappa shape index (κ2) is 8.70. The third kappa shape index (κ3) is 3.73. The lowest BCUT2D eigenvalue weighted by Crippen LogP contribution is -2.31. The Balaban J connectivity index is 1.51. The minimum Gasteiger partial charge on any atom is -0.322 e. The summed E-state index contributed by atoms with van der Waals surface area (Å²) in [4.78, 5) is 33.4. The number of aryl methyl sites for hydroxylation is 2. The van der Waals surface area contributed by atoms with Crippen LogP contribution >= 0.6 is 23.1 Å². The fourth-order valence-corrected chi connectivity index (χ4v) is 5.59. The van der Waals surface area contributed by atoms with Gasteiger partial charge in [-0.2, -0.15) is 0 Å². The maximum Gasteiger partial charge on any atom is 0.330 e. The second-order valence-corrected chi connectivity index (χ2v) is 9.77. The van der Waals surface area contributed by atoms with E-state index >= 15 is 0 Å². The molecule has 1 aliphatic rings. The van der Waals surface area contributed by atoms with Crippen LogP contribution in [0.4, 0.5) is 0 Å². The lowest BCUT2D eigenvalue weighted by Gasteiger charge is -2.08. The zero-order valence-corrected chi connectivity index (χ0v) is 19.7. The molecule has 9 nitrogen and oxygen atoms in total. The van der Waals surface area contributed by atoms with Gasteiger partial charge < -0.3 is 4.57 Å². The molecule has 0 spiro atoms. The number of hydrogen-bond donors (Lipinski definition) is 1. The van der Waals surface area contributed by atoms with Crippen LogP contribution in [0.3, 0.4) is 0 Å². The molecule has 5 rings (SSSR count). The Kier molecular flexibility index (Phi) is 5.76. The molecule has 4 aromatic rings. The number of nitrogens with zero attached hydrogens (tertiary/aromatic N) is 6. The van der Waals surface area contributed by atoms with Crippen molar-refractivity contribution >= 4 is 34.3 Å². The number of thiophene rings is 1. The first-order valence-corrected chi connectivity index (χ1v) is 12.8. The van der Waals surface area contributed by atoms with Gasteiger partial charge in [-0.25, -0.2) is 9.78 Å². The summed E-state index contributed by atoms with van der Waals surface area (Å²) in [6.07, 6.45) is 4.07. The highest BCUT2D eigenvalue weighted by Gasteiger charge is 2.30. The van der Waals surface area contributed by atoms with Gasteiger partial charge in [0, 0.05) is 19.1 Å². The smallest absolute Gasteiger partial charge is 0.322 e. The first kappa shape index (κ1) is 21.2. The van der Waals surface area contributed by atoms with E-state index in [2.05, 4.69) is 32.7 Å². The SMILES string of the molecule is CCCCn1c(=O)[nH]c(=O)c2c1nc(CSc1nnc(-c3cccs3)n1C1CC1)n2CC. The van der Waals surface area contributed by atoms with Crippen molar-refractivity contribution in [3.63, 3.8) is 0 Å². The van der Waals surface area contributed by atoms with Gasteiger partial charge in [-0.15, -0.1) is 21.5 Å². The average Bonchev–Trinajstić information content (AvgIpc) is 3.17. The Morgan fingerprint density at radius 2 is 2.06 bits per heavy atom. The molecule has 11 heteroatoms. The summed E-state index contributed by atoms with van der Waals surface area (Å²) in [5, 5.41) is 11.8. The van der Waals surface area contributed by atoms with Crippen molar-refractivity contribution in [1.82, 2.24) is 33.9 Å². The molecule has 32 heavy (non-hydrogen) atoms. The second-order valence-electron chi connectivity index (χ2n) is 7.88. The molecule has 1 saturated carbocycles. The first-order valence-electron chi connectivity index (χ1n) is 11.0. The highest BCUT2D eigenvalue weighted by molar-refractivity contribution is 7.98. The molecule has 1 fully saturated rings. The number of nitrogens with one attached hydrogen (secondary N) is 1. The minimum atomic E-state index is -0.398. The molecule has 1 aliphatic carbocycles. The lowest BCUT2D eigenvalue weighted by molar-refractivity contribution is 0.613. The van der Waals surface area contributed by atoms with E-state index in [1.807, 2.05) is 22.9 Å². The van der Waals surface area contributed by atoms with E-state index in [0.29, 0.717) is 36.0 Å². The van der Waals surface area contributed by atoms with Gasteiger partial charge in [-0.1, -0.05) is 31.2 Å². The normalized spacial score (nSPS) is 13.9. The molecular formula is C21H25N7O2S2. The van der Waals surface area contributed by atoms with Crippen molar-refractivity contribution in [2.75, 3.05) is 0 Å². The number of hydrogen-bond acceptors (Lipinski definition) is 7. The van der Waals surface area contributed by atoms with Gasteiger partial charge in [-0.3, -0.25) is 18.9 Å². The Labute approximate surface area is 192 Å². The predicted molar refractivity (Wildman–Crippen MR) is 126 cm³/mol. The van der Waals surface area contributed by atoms with Crippen LogP contribution in [0.1, 0.15) is 51.4 Å². The quantitative estimate of drug-likeness (QED) is 0.374. The topological polar surface area (TPSA) is 103 Å². The maximum atomic E-state index is 12.6. The molecule has 168 valence electrons. The van der Waals surface area contributed by atoms with Gasteiger partial charge in [0.25, 0.3) is 5.56 Å². The monoisotopic (exact) mass is 471 g/mol. The van der Waals surface area contributed by atoms with Crippen LogP contribution in [0.2, 0.25) is 0 Å². The predicted octanol–water partition coefficient (Wildman–Crippen LogP) is 3.65. The Hall–Kier alpha value is -2.66. The molecule has 0 unspecified atom stereocenters. The van der Waals surface area contributed by atoms with Crippen LogP contribution in [-0.4, -0.2) is 33.9 Å².